The fourth-order valence-corrected chi connectivity index (χ4v) is 2.49. The van der Waals surface area contributed by atoms with Crippen LogP contribution in [0, 0.1) is 0 Å². The SMILES string of the molecule is CCOc1cccc(CNC(=NC)NCc2ccc(OC)c(OC)c2)c1.I. The molecule has 0 heterocycles. The summed E-state index contributed by atoms with van der Waals surface area (Å²) in [5.41, 5.74) is 2.20. The van der Waals surface area contributed by atoms with Crippen LogP contribution < -0.4 is 24.8 Å². The van der Waals surface area contributed by atoms with Crippen molar-refractivity contribution in [2.24, 2.45) is 4.99 Å². The number of ether oxygens (including phenoxy) is 3. The highest BCUT2D eigenvalue weighted by molar-refractivity contribution is 14.0. The molecular weight excluding hydrogens is 457 g/mol. The maximum absolute atomic E-state index is 5.53. The maximum atomic E-state index is 5.53. The zero-order valence-electron chi connectivity index (χ0n) is 16.2. The summed E-state index contributed by atoms with van der Waals surface area (Å²) in [5.74, 6) is 3.03. The van der Waals surface area contributed by atoms with Crippen molar-refractivity contribution in [3.63, 3.8) is 0 Å². The van der Waals surface area contributed by atoms with Gasteiger partial charge >= 0.3 is 0 Å². The molecule has 2 N–H and O–H groups in total. The summed E-state index contributed by atoms with van der Waals surface area (Å²) in [4.78, 5) is 4.26. The molecular formula is C20H28IN3O3. The van der Waals surface area contributed by atoms with Crippen LogP contribution >= 0.6 is 24.0 Å². The number of nitrogens with one attached hydrogen (secondary N) is 2. The second-order valence-electron chi connectivity index (χ2n) is 5.55. The largest absolute Gasteiger partial charge is 0.494 e. The molecule has 0 radical (unpaired) electrons. The molecule has 7 heteroatoms. The van der Waals surface area contributed by atoms with Gasteiger partial charge < -0.3 is 24.8 Å². The van der Waals surface area contributed by atoms with Crippen molar-refractivity contribution >= 4 is 29.9 Å². The van der Waals surface area contributed by atoms with Crippen molar-refractivity contribution in [2.45, 2.75) is 20.0 Å². The maximum Gasteiger partial charge on any atom is 0.191 e. The van der Waals surface area contributed by atoms with E-state index in [0.717, 1.165) is 22.8 Å². The lowest BCUT2D eigenvalue weighted by Crippen LogP contribution is -2.36. The van der Waals surface area contributed by atoms with Gasteiger partial charge in [0.05, 0.1) is 20.8 Å². The molecule has 6 nitrogen and oxygen atoms in total. The predicted molar refractivity (Wildman–Crippen MR) is 120 cm³/mol. The van der Waals surface area contributed by atoms with Crippen LogP contribution in [0.5, 0.6) is 17.2 Å². The van der Waals surface area contributed by atoms with Crippen molar-refractivity contribution in [3.05, 3.63) is 53.6 Å². The topological polar surface area (TPSA) is 64.1 Å². The van der Waals surface area contributed by atoms with Crippen LogP contribution in [0.3, 0.4) is 0 Å². The molecule has 0 saturated heterocycles. The lowest BCUT2D eigenvalue weighted by molar-refractivity contribution is 0.340. The lowest BCUT2D eigenvalue weighted by Gasteiger charge is -2.14. The molecule has 0 aliphatic carbocycles. The Morgan fingerprint density at radius 3 is 2.19 bits per heavy atom. The van der Waals surface area contributed by atoms with Gasteiger partial charge in [0.25, 0.3) is 0 Å². The van der Waals surface area contributed by atoms with E-state index >= 15 is 0 Å². The van der Waals surface area contributed by atoms with E-state index in [2.05, 4.69) is 21.7 Å². The molecule has 2 rings (SSSR count). The monoisotopic (exact) mass is 485 g/mol. The molecule has 0 aliphatic rings. The van der Waals surface area contributed by atoms with Gasteiger partial charge in [-0.3, -0.25) is 4.99 Å². The number of methoxy groups -OCH3 is 2. The van der Waals surface area contributed by atoms with Gasteiger partial charge in [-0.1, -0.05) is 18.2 Å². The van der Waals surface area contributed by atoms with Crippen molar-refractivity contribution in [2.75, 3.05) is 27.9 Å². The van der Waals surface area contributed by atoms with E-state index in [9.17, 15) is 0 Å². The van der Waals surface area contributed by atoms with Gasteiger partial charge in [-0.15, -0.1) is 24.0 Å². The predicted octanol–water partition coefficient (Wildman–Crippen LogP) is 3.59. The Kier molecular flexibility index (Phi) is 10.4. The number of aliphatic imine (C=N–C) groups is 1. The van der Waals surface area contributed by atoms with Crippen LogP contribution in [0.25, 0.3) is 0 Å². The molecule has 0 amide bonds. The first-order chi connectivity index (χ1) is 12.7. The van der Waals surface area contributed by atoms with Crippen LogP contribution in [0.2, 0.25) is 0 Å². The Hall–Kier alpha value is -2.16. The minimum absolute atomic E-state index is 0. The summed E-state index contributed by atoms with van der Waals surface area (Å²) in [6.45, 7) is 3.92. The van der Waals surface area contributed by atoms with Gasteiger partial charge in [0.2, 0.25) is 0 Å². The van der Waals surface area contributed by atoms with E-state index in [1.165, 1.54) is 0 Å². The summed E-state index contributed by atoms with van der Waals surface area (Å²) in [7, 11) is 5.01. The van der Waals surface area contributed by atoms with Gasteiger partial charge in [0.1, 0.15) is 5.75 Å². The molecule has 0 bridgehead atoms. The standard InChI is InChI=1S/C20H27N3O3.HI/c1-5-26-17-8-6-7-15(11-17)13-22-20(21-2)23-14-16-9-10-18(24-3)19(12-16)25-4;/h6-12H,5,13-14H2,1-4H3,(H2,21,22,23);1H. The second kappa shape index (κ2) is 12.3. The normalized spacial score (nSPS) is 10.6. The highest BCUT2D eigenvalue weighted by atomic mass is 127. The minimum Gasteiger partial charge on any atom is -0.494 e. The Bertz CT molecular complexity index is 738. The third-order valence-corrected chi connectivity index (χ3v) is 3.80. The highest BCUT2D eigenvalue weighted by Crippen LogP contribution is 2.27. The summed E-state index contributed by atoms with van der Waals surface area (Å²) in [6, 6.07) is 13.9. The van der Waals surface area contributed by atoms with Crippen LogP contribution in [0.1, 0.15) is 18.1 Å². The molecule has 0 aliphatic heterocycles. The van der Waals surface area contributed by atoms with Gasteiger partial charge in [-0.05, 0) is 42.3 Å². The van der Waals surface area contributed by atoms with Crippen molar-refractivity contribution in [3.8, 4) is 17.2 Å². The Labute approximate surface area is 178 Å². The van der Waals surface area contributed by atoms with E-state index in [-0.39, 0.29) is 24.0 Å². The Balaban J connectivity index is 0.00000364. The van der Waals surface area contributed by atoms with Crippen molar-refractivity contribution < 1.29 is 14.2 Å². The first-order valence-corrected chi connectivity index (χ1v) is 8.57. The Morgan fingerprint density at radius 2 is 1.59 bits per heavy atom. The Morgan fingerprint density at radius 1 is 0.926 bits per heavy atom. The fourth-order valence-electron chi connectivity index (χ4n) is 2.49. The first kappa shape index (κ1) is 22.9. The number of guanidine groups is 1. The summed E-state index contributed by atoms with van der Waals surface area (Å²) < 4.78 is 16.1. The number of hydrogen-bond donors (Lipinski definition) is 2. The molecule has 2 aromatic rings. The number of rotatable bonds is 8. The van der Waals surface area contributed by atoms with Crippen molar-refractivity contribution in [1.29, 1.82) is 0 Å². The molecule has 2 aromatic carbocycles. The molecule has 0 spiro atoms. The first-order valence-electron chi connectivity index (χ1n) is 8.57. The average molecular weight is 485 g/mol. The number of nitrogens with zero attached hydrogens (tertiary/aromatic N) is 1. The molecule has 0 atom stereocenters. The van der Waals surface area contributed by atoms with Gasteiger partial charge in [0, 0.05) is 20.1 Å². The quantitative estimate of drug-likeness (QED) is 0.340. The minimum atomic E-state index is 0. The zero-order valence-corrected chi connectivity index (χ0v) is 18.6. The van der Waals surface area contributed by atoms with Gasteiger partial charge in [-0.25, -0.2) is 0 Å². The van der Waals surface area contributed by atoms with Gasteiger partial charge in [-0.2, -0.15) is 0 Å². The van der Waals surface area contributed by atoms with Gasteiger partial charge in [0.15, 0.2) is 17.5 Å². The van der Waals surface area contributed by atoms with Crippen LogP contribution in [-0.2, 0) is 13.1 Å². The summed E-state index contributed by atoms with van der Waals surface area (Å²) in [5, 5.41) is 6.60. The third kappa shape index (κ3) is 7.16. The number of halogens is 1. The van der Waals surface area contributed by atoms with E-state index in [1.807, 2.05) is 43.3 Å². The van der Waals surface area contributed by atoms with E-state index in [0.29, 0.717) is 31.2 Å². The van der Waals surface area contributed by atoms with E-state index in [1.54, 1.807) is 21.3 Å². The van der Waals surface area contributed by atoms with E-state index in [4.69, 9.17) is 14.2 Å². The average Bonchev–Trinajstić information content (AvgIpc) is 2.68. The molecule has 27 heavy (non-hydrogen) atoms. The van der Waals surface area contributed by atoms with E-state index < -0.39 is 0 Å². The fraction of sp³-hybridized carbons (Fsp3) is 0.350. The zero-order chi connectivity index (χ0) is 18.8. The molecule has 148 valence electrons. The summed E-state index contributed by atoms with van der Waals surface area (Å²) in [6.07, 6.45) is 0. The van der Waals surface area contributed by atoms with Crippen LogP contribution in [-0.4, -0.2) is 33.8 Å². The van der Waals surface area contributed by atoms with Crippen LogP contribution in [0.4, 0.5) is 0 Å². The lowest BCUT2D eigenvalue weighted by atomic mass is 10.2. The summed E-state index contributed by atoms with van der Waals surface area (Å²) >= 11 is 0. The molecule has 0 fully saturated rings. The molecule has 0 aromatic heterocycles. The number of benzene rings is 2. The van der Waals surface area contributed by atoms with Crippen LogP contribution in [0.15, 0.2) is 47.5 Å². The second-order valence-corrected chi connectivity index (χ2v) is 5.55. The smallest absolute Gasteiger partial charge is 0.191 e. The molecule has 0 saturated carbocycles. The third-order valence-electron chi connectivity index (χ3n) is 3.80. The molecule has 0 unspecified atom stereocenters. The highest BCUT2D eigenvalue weighted by Gasteiger charge is 2.05. The van der Waals surface area contributed by atoms with Crippen molar-refractivity contribution in [1.82, 2.24) is 10.6 Å². The number of hydrogen-bond acceptors (Lipinski definition) is 4.